The summed E-state index contributed by atoms with van der Waals surface area (Å²) in [5.74, 6) is 0.163. The van der Waals surface area contributed by atoms with Crippen molar-refractivity contribution >= 4 is 5.91 Å². The number of pyridine rings is 1. The van der Waals surface area contributed by atoms with Crippen molar-refractivity contribution in [1.29, 1.82) is 0 Å². The van der Waals surface area contributed by atoms with Crippen LogP contribution < -0.4 is 5.32 Å². The Morgan fingerprint density at radius 1 is 1.31 bits per heavy atom. The number of rotatable bonds is 6. The van der Waals surface area contributed by atoms with Gasteiger partial charge in [-0.25, -0.2) is 0 Å². The molecule has 0 aliphatic heterocycles. The topological polar surface area (TPSA) is 45.2 Å². The van der Waals surface area contributed by atoms with Crippen LogP contribution in [0.3, 0.4) is 0 Å². The predicted molar refractivity (Wildman–Crippen MR) is 64.1 cm³/mol. The fourth-order valence-electron chi connectivity index (χ4n) is 1.33. The van der Waals surface area contributed by atoms with Crippen molar-refractivity contribution in [1.82, 2.24) is 15.2 Å². The Morgan fingerprint density at radius 2 is 2.00 bits per heavy atom. The summed E-state index contributed by atoms with van der Waals surface area (Å²) < 4.78 is 0. The molecule has 1 aromatic rings. The van der Waals surface area contributed by atoms with Gasteiger partial charge in [0.1, 0.15) is 0 Å². The van der Waals surface area contributed by atoms with E-state index in [-0.39, 0.29) is 5.91 Å². The van der Waals surface area contributed by atoms with Crippen LogP contribution in [0.5, 0.6) is 0 Å². The van der Waals surface area contributed by atoms with Crippen molar-refractivity contribution in [3.63, 3.8) is 0 Å². The lowest BCUT2D eigenvalue weighted by molar-refractivity contribution is -0.128. The van der Waals surface area contributed by atoms with E-state index >= 15 is 0 Å². The lowest BCUT2D eigenvalue weighted by atomic mass is 10.2. The number of hydrogen-bond donors (Lipinski definition) is 1. The van der Waals surface area contributed by atoms with Crippen molar-refractivity contribution in [3.8, 4) is 0 Å². The molecule has 0 aliphatic carbocycles. The molecule has 0 spiro atoms. The second kappa shape index (κ2) is 6.95. The number of nitrogens with zero attached hydrogens (tertiary/aromatic N) is 2. The molecule has 1 aromatic heterocycles. The van der Waals surface area contributed by atoms with Gasteiger partial charge >= 0.3 is 0 Å². The van der Waals surface area contributed by atoms with Gasteiger partial charge in [0, 0.05) is 39.5 Å². The van der Waals surface area contributed by atoms with Crippen molar-refractivity contribution in [2.45, 2.75) is 12.8 Å². The van der Waals surface area contributed by atoms with E-state index in [0.29, 0.717) is 6.42 Å². The molecule has 1 amide bonds. The van der Waals surface area contributed by atoms with Crippen LogP contribution in [0.2, 0.25) is 0 Å². The van der Waals surface area contributed by atoms with Crippen molar-refractivity contribution in [2.75, 3.05) is 27.2 Å². The van der Waals surface area contributed by atoms with Crippen LogP contribution in [0.4, 0.5) is 0 Å². The van der Waals surface area contributed by atoms with E-state index in [4.69, 9.17) is 0 Å². The van der Waals surface area contributed by atoms with E-state index in [1.807, 2.05) is 12.1 Å². The van der Waals surface area contributed by atoms with E-state index < -0.39 is 0 Å². The van der Waals surface area contributed by atoms with Gasteiger partial charge in [0.05, 0.1) is 0 Å². The van der Waals surface area contributed by atoms with Crippen LogP contribution in [-0.4, -0.2) is 43.0 Å². The first-order chi connectivity index (χ1) is 7.70. The third kappa shape index (κ3) is 4.89. The first-order valence-electron chi connectivity index (χ1n) is 5.50. The number of amides is 1. The van der Waals surface area contributed by atoms with Crippen LogP contribution >= 0.6 is 0 Å². The molecule has 0 aromatic carbocycles. The zero-order chi connectivity index (χ0) is 11.8. The number of carbonyl (C=O) groups excluding carboxylic acids is 1. The van der Waals surface area contributed by atoms with Crippen LogP contribution in [0.1, 0.15) is 12.0 Å². The van der Waals surface area contributed by atoms with Gasteiger partial charge in [-0.3, -0.25) is 9.78 Å². The van der Waals surface area contributed by atoms with Gasteiger partial charge in [0.25, 0.3) is 0 Å². The van der Waals surface area contributed by atoms with Gasteiger partial charge < -0.3 is 10.2 Å². The Hall–Kier alpha value is -1.42. The van der Waals surface area contributed by atoms with Crippen molar-refractivity contribution in [2.24, 2.45) is 0 Å². The smallest absolute Gasteiger partial charge is 0.223 e. The van der Waals surface area contributed by atoms with Crippen LogP contribution in [0.25, 0.3) is 0 Å². The molecule has 1 heterocycles. The van der Waals surface area contributed by atoms with Crippen LogP contribution in [0, 0.1) is 0 Å². The standard InChI is InChI=1S/C12H19N3O/c1-15(2)12(16)6-10-14-9-5-11-3-7-13-8-4-11/h3-4,7-8,14H,5-6,9-10H2,1-2H3. The first kappa shape index (κ1) is 12.6. The minimum Gasteiger partial charge on any atom is -0.349 e. The molecule has 0 atom stereocenters. The Bertz CT molecular complexity index is 311. The summed E-state index contributed by atoms with van der Waals surface area (Å²) in [6.07, 6.45) is 5.12. The highest BCUT2D eigenvalue weighted by atomic mass is 16.2. The van der Waals surface area contributed by atoms with Crippen LogP contribution in [-0.2, 0) is 11.2 Å². The molecule has 16 heavy (non-hydrogen) atoms. The summed E-state index contributed by atoms with van der Waals surface area (Å²) in [7, 11) is 3.55. The summed E-state index contributed by atoms with van der Waals surface area (Å²) in [4.78, 5) is 16.8. The molecular weight excluding hydrogens is 202 g/mol. The van der Waals surface area contributed by atoms with E-state index in [1.54, 1.807) is 31.4 Å². The van der Waals surface area contributed by atoms with Gasteiger partial charge in [0.2, 0.25) is 5.91 Å². The molecule has 1 rings (SSSR count). The third-order valence-electron chi connectivity index (χ3n) is 2.35. The Balaban J connectivity index is 2.07. The number of hydrogen-bond acceptors (Lipinski definition) is 3. The Kier molecular flexibility index (Phi) is 5.50. The zero-order valence-corrected chi connectivity index (χ0v) is 9.94. The molecule has 0 unspecified atom stereocenters. The maximum Gasteiger partial charge on any atom is 0.223 e. The van der Waals surface area contributed by atoms with Crippen LogP contribution in [0.15, 0.2) is 24.5 Å². The predicted octanol–water partition coefficient (Wildman–Crippen LogP) is 0.692. The summed E-state index contributed by atoms with van der Waals surface area (Å²) in [6.45, 7) is 1.63. The van der Waals surface area contributed by atoms with Gasteiger partial charge in [-0.2, -0.15) is 0 Å². The van der Waals surface area contributed by atoms with E-state index in [2.05, 4.69) is 10.3 Å². The number of nitrogens with one attached hydrogen (secondary N) is 1. The van der Waals surface area contributed by atoms with Gasteiger partial charge in [0.15, 0.2) is 0 Å². The summed E-state index contributed by atoms with van der Waals surface area (Å²) in [5.41, 5.74) is 1.27. The number of carbonyl (C=O) groups is 1. The van der Waals surface area contributed by atoms with E-state index in [1.165, 1.54) is 5.56 Å². The average molecular weight is 221 g/mol. The largest absolute Gasteiger partial charge is 0.349 e. The minimum atomic E-state index is 0.163. The first-order valence-corrected chi connectivity index (χ1v) is 5.50. The lowest BCUT2D eigenvalue weighted by Crippen LogP contribution is -2.27. The molecule has 0 saturated carbocycles. The summed E-state index contributed by atoms with van der Waals surface area (Å²) >= 11 is 0. The molecule has 0 fully saturated rings. The molecule has 0 bridgehead atoms. The molecular formula is C12H19N3O. The van der Waals surface area contributed by atoms with Crippen molar-refractivity contribution in [3.05, 3.63) is 30.1 Å². The normalized spacial score (nSPS) is 10.1. The highest BCUT2D eigenvalue weighted by Crippen LogP contribution is 1.95. The number of aromatic nitrogens is 1. The Labute approximate surface area is 96.7 Å². The second-order valence-corrected chi connectivity index (χ2v) is 3.89. The lowest BCUT2D eigenvalue weighted by Gasteiger charge is -2.10. The monoisotopic (exact) mass is 221 g/mol. The van der Waals surface area contributed by atoms with E-state index in [9.17, 15) is 4.79 Å². The maximum absolute atomic E-state index is 11.3. The SMILES string of the molecule is CN(C)C(=O)CCNCCc1ccncc1. The highest BCUT2D eigenvalue weighted by molar-refractivity contribution is 5.75. The fraction of sp³-hybridized carbons (Fsp3) is 0.500. The quantitative estimate of drug-likeness (QED) is 0.719. The minimum absolute atomic E-state index is 0.163. The molecule has 4 nitrogen and oxygen atoms in total. The van der Waals surface area contributed by atoms with Crippen molar-refractivity contribution < 1.29 is 4.79 Å². The Morgan fingerprint density at radius 3 is 2.62 bits per heavy atom. The molecule has 0 aliphatic rings. The molecule has 4 heteroatoms. The molecule has 0 saturated heterocycles. The van der Waals surface area contributed by atoms with E-state index in [0.717, 1.165) is 19.5 Å². The summed E-state index contributed by atoms with van der Waals surface area (Å²) in [5, 5.41) is 3.25. The third-order valence-corrected chi connectivity index (χ3v) is 2.35. The van der Waals surface area contributed by atoms with Gasteiger partial charge in [-0.1, -0.05) is 0 Å². The molecule has 0 radical (unpaired) electrons. The maximum atomic E-state index is 11.3. The van der Waals surface area contributed by atoms with Gasteiger partial charge in [-0.15, -0.1) is 0 Å². The average Bonchev–Trinajstić information content (AvgIpc) is 2.29. The highest BCUT2D eigenvalue weighted by Gasteiger charge is 2.01. The second-order valence-electron chi connectivity index (χ2n) is 3.89. The molecule has 1 N–H and O–H groups in total. The molecule has 88 valence electrons. The summed E-state index contributed by atoms with van der Waals surface area (Å²) in [6, 6.07) is 4.01. The van der Waals surface area contributed by atoms with Gasteiger partial charge in [-0.05, 0) is 30.7 Å². The zero-order valence-electron chi connectivity index (χ0n) is 9.94. The fourth-order valence-corrected chi connectivity index (χ4v) is 1.33.